The molecule has 0 atom stereocenters. The fourth-order valence-electron chi connectivity index (χ4n) is 3.32. The summed E-state index contributed by atoms with van der Waals surface area (Å²) < 4.78 is 0. The first kappa shape index (κ1) is 21.7. The van der Waals surface area contributed by atoms with Crippen molar-refractivity contribution in [2.24, 2.45) is 0 Å². The Morgan fingerprint density at radius 2 is 1.22 bits per heavy atom. The van der Waals surface area contributed by atoms with Crippen LogP contribution < -0.4 is 10.6 Å². The highest BCUT2D eigenvalue weighted by molar-refractivity contribution is 7.14. The second-order valence-electron chi connectivity index (χ2n) is 7.22. The van der Waals surface area contributed by atoms with Gasteiger partial charge in [0.1, 0.15) is 5.00 Å². The zero-order chi connectivity index (χ0) is 22.5. The molecule has 0 saturated carbocycles. The third-order valence-corrected chi connectivity index (χ3v) is 7.05. The van der Waals surface area contributed by atoms with Crippen molar-refractivity contribution in [2.75, 3.05) is 10.6 Å². The summed E-state index contributed by atoms with van der Waals surface area (Å²) >= 11 is 3.08. The van der Waals surface area contributed by atoms with Crippen molar-refractivity contribution in [1.82, 2.24) is 0 Å². The van der Waals surface area contributed by atoms with E-state index in [4.69, 9.17) is 0 Å². The van der Waals surface area contributed by atoms with Gasteiger partial charge < -0.3 is 10.6 Å². The Bertz CT molecular complexity index is 1170. The standard InChI is InChI=1S/C26H22N2O2S2/c1-17(21-13-15-32-26(21)28-25(30)20-11-7-4-8-12-20)18(2)23-22(14-16-31-23)27-24(29)19-9-5-3-6-10-19/h3-16H,1-2H3,(H,27,29)(H,28,30)/b18-17+. The SMILES string of the molecule is C/C(=C(/C)c1sccc1NC(=O)c1ccccc1)c1ccsc1NC(=O)c1ccccc1. The number of carbonyl (C=O) groups excluding carboxylic acids is 2. The average molecular weight is 459 g/mol. The molecule has 6 heteroatoms. The summed E-state index contributed by atoms with van der Waals surface area (Å²) in [7, 11) is 0. The predicted molar refractivity (Wildman–Crippen MR) is 136 cm³/mol. The van der Waals surface area contributed by atoms with Gasteiger partial charge >= 0.3 is 0 Å². The summed E-state index contributed by atoms with van der Waals surface area (Å²) in [5, 5.41) is 10.8. The van der Waals surface area contributed by atoms with E-state index in [0.717, 1.165) is 32.3 Å². The molecule has 0 bridgehead atoms. The first-order chi connectivity index (χ1) is 15.5. The molecular formula is C26H22N2O2S2. The second kappa shape index (κ2) is 9.77. The van der Waals surface area contributed by atoms with E-state index in [1.165, 1.54) is 11.3 Å². The zero-order valence-corrected chi connectivity index (χ0v) is 19.3. The molecule has 4 aromatic rings. The number of thiophene rings is 2. The van der Waals surface area contributed by atoms with Gasteiger partial charge in [0.15, 0.2) is 0 Å². The lowest BCUT2D eigenvalue weighted by molar-refractivity contribution is 0.101. The number of benzene rings is 2. The van der Waals surface area contributed by atoms with Crippen molar-refractivity contribution >= 4 is 56.3 Å². The van der Waals surface area contributed by atoms with Crippen LogP contribution in [0.3, 0.4) is 0 Å². The van der Waals surface area contributed by atoms with Crippen LogP contribution in [-0.2, 0) is 0 Å². The fourth-order valence-corrected chi connectivity index (χ4v) is 5.08. The monoisotopic (exact) mass is 458 g/mol. The highest BCUT2D eigenvalue weighted by Gasteiger charge is 2.16. The van der Waals surface area contributed by atoms with Crippen LogP contribution in [0, 0.1) is 0 Å². The molecule has 160 valence electrons. The first-order valence-electron chi connectivity index (χ1n) is 10.1. The number of rotatable bonds is 6. The van der Waals surface area contributed by atoms with E-state index in [2.05, 4.69) is 10.6 Å². The van der Waals surface area contributed by atoms with E-state index in [1.807, 2.05) is 73.1 Å². The minimum Gasteiger partial charge on any atom is -0.321 e. The zero-order valence-electron chi connectivity index (χ0n) is 17.7. The lowest BCUT2D eigenvalue weighted by atomic mass is 10.0. The fraction of sp³-hybridized carbons (Fsp3) is 0.0769. The molecule has 0 aliphatic rings. The summed E-state index contributed by atoms with van der Waals surface area (Å²) in [6.45, 7) is 4.08. The van der Waals surface area contributed by atoms with Gasteiger partial charge in [-0.15, -0.1) is 22.7 Å². The first-order valence-corrected chi connectivity index (χ1v) is 11.9. The number of hydrogen-bond donors (Lipinski definition) is 2. The number of nitrogens with one attached hydrogen (secondary N) is 2. The maximum absolute atomic E-state index is 12.6. The van der Waals surface area contributed by atoms with Gasteiger partial charge in [0, 0.05) is 16.7 Å². The Morgan fingerprint density at radius 1 is 0.656 bits per heavy atom. The number of hydrogen-bond acceptors (Lipinski definition) is 4. The molecule has 0 unspecified atom stereocenters. The van der Waals surface area contributed by atoms with E-state index < -0.39 is 0 Å². The van der Waals surface area contributed by atoms with Gasteiger partial charge in [0.25, 0.3) is 11.8 Å². The van der Waals surface area contributed by atoms with Gasteiger partial charge in [-0.3, -0.25) is 9.59 Å². The molecule has 4 nitrogen and oxygen atoms in total. The molecular weight excluding hydrogens is 436 g/mol. The normalized spacial score (nSPS) is 11.6. The number of anilines is 2. The summed E-state index contributed by atoms with van der Waals surface area (Å²) in [5.74, 6) is -0.270. The molecule has 2 amide bonds. The smallest absolute Gasteiger partial charge is 0.256 e. The molecule has 0 saturated heterocycles. The highest BCUT2D eigenvalue weighted by atomic mass is 32.1. The number of carbonyl (C=O) groups is 2. The molecule has 2 heterocycles. The predicted octanol–water partition coefficient (Wildman–Crippen LogP) is 7.26. The molecule has 0 aliphatic heterocycles. The van der Waals surface area contributed by atoms with Gasteiger partial charge in [-0.25, -0.2) is 0 Å². The van der Waals surface area contributed by atoms with E-state index in [0.29, 0.717) is 11.1 Å². The van der Waals surface area contributed by atoms with Crippen LogP contribution in [0.1, 0.15) is 45.0 Å². The molecule has 0 fully saturated rings. The number of allylic oxidation sites excluding steroid dienone is 2. The molecule has 0 spiro atoms. The molecule has 2 aromatic heterocycles. The van der Waals surface area contributed by atoms with Gasteiger partial charge in [-0.1, -0.05) is 36.4 Å². The van der Waals surface area contributed by atoms with Gasteiger partial charge in [-0.2, -0.15) is 0 Å². The van der Waals surface area contributed by atoms with Crippen LogP contribution in [-0.4, -0.2) is 11.8 Å². The van der Waals surface area contributed by atoms with Crippen molar-refractivity contribution in [3.05, 3.63) is 105 Å². The molecule has 32 heavy (non-hydrogen) atoms. The van der Waals surface area contributed by atoms with Crippen LogP contribution in [0.2, 0.25) is 0 Å². The minimum atomic E-state index is -0.137. The maximum atomic E-state index is 12.6. The van der Waals surface area contributed by atoms with Crippen molar-refractivity contribution in [3.63, 3.8) is 0 Å². The van der Waals surface area contributed by atoms with Crippen LogP contribution in [0.25, 0.3) is 11.1 Å². The maximum Gasteiger partial charge on any atom is 0.256 e. The average Bonchev–Trinajstić information content (AvgIpc) is 3.48. The van der Waals surface area contributed by atoms with E-state index in [9.17, 15) is 9.59 Å². The molecule has 2 N–H and O–H groups in total. The van der Waals surface area contributed by atoms with Crippen LogP contribution in [0.5, 0.6) is 0 Å². The van der Waals surface area contributed by atoms with E-state index >= 15 is 0 Å². The van der Waals surface area contributed by atoms with Crippen LogP contribution in [0.15, 0.2) is 83.6 Å². The Balaban J connectivity index is 1.58. The molecule has 4 rings (SSSR count). The molecule has 2 aromatic carbocycles. The van der Waals surface area contributed by atoms with Crippen molar-refractivity contribution in [1.29, 1.82) is 0 Å². The van der Waals surface area contributed by atoms with Crippen molar-refractivity contribution < 1.29 is 9.59 Å². The Labute approximate surface area is 195 Å². The summed E-state index contributed by atoms with van der Waals surface area (Å²) in [6, 6.07) is 22.3. The van der Waals surface area contributed by atoms with Gasteiger partial charge in [0.2, 0.25) is 0 Å². The van der Waals surface area contributed by atoms with Crippen LogP contribution >= 0.6 is 22.7 Å². The lowest BCUT2D eigenvalue weighted by Crippen LogP contribution is -2.12. The minimum absolute atomic E-state index is 0.133. The second-order valence-corrected chi connectivity index (χ2v) is 9.05. The summed E-state index contributed by atoms with van der Waals surface area (Å²) in [6.07, 6.45) is 0. The van der Waals surface area contributed by atoms with Crippen molar-refractivity contribution in [2.45, 2.75) is 13.8 Å². The third-order valence-electron chi connectivity index (χ3n) is 5.18. The van der Waals surface area contributed by atoms with Gasteiger partial charge in [-0.05, 0) is 72.2 Å². The van der Waals surface area contributed by atoms with Gasteiger partial charge in [0.05, 0.1) is 10.6 Å². The summed E-state index contributed by atoms with van der Waals surface area (Å²) in [4.78, 5) is 26.3. The lowest BCUT2D eigenvalue weighted by Gasteiger charge is -2.12. The Hall–Kier alpha value is -3.48. The molecule has 0 radical (unpaired) electrons. The Morgan fingerprint density at radius 3 is 1.84 bits per heavy atom. The largest absolute Gasteiger partial charge is 0.321 e. The topological polar surface area (TPSA) is 58.2 Å². The highest BCUT2D eigenvalue weighted by Crippen LogP contribution is 2.38. The van der Waals surface area contributed by atoms with E-state index in [1.54, 1.807) is 35.6 Å². The van der Waals surface area contributed by atoms with Crippen molar-refractivity contribution in [3.8, 4) is 0 Å². The number of amides is 2. The van der Waals surface area contributed by atoms with Crippen LogP contribution in [0.4, 0.5) is 10.7 Å². The third kappa shape index (κ3) is 4.72. The molecule has 0 aliphatic carbocycles. The Kier molecular flexibility index (Phi) is 6.63. The van der Waals surface area contributed by atoms with E-state index in [-0.39, 0.29) is 11.8 Å². The summed E-state index contributed by atoms with van der Waals surface area (Å²) in [5.41, 5.74) is 5.10. The quantitative estimate of drug-likeness (QED) is 0.319.